The molecular formula is C18H34N2O6. The van der Waals surface area contributed by atoms with Gasteiger partial charge in [0.05, 0.1) is 33.0 Å². The largest absolute Gasteiger partial charge is 0.381 e. The molecule has 2 amide bonds. The van der Waals surface area contributed by atoms with Crippen molar-refractivity contribution in [1.29, 1.82) is 0 Å². The lowest BCUT2D eigenvalue weighted by atomic mass is 9.94. The molecule has 152 valence electrons. The van der Waals surface area contributed by atoms with Gasteiger partial charge >= 0.3 is 0 Å². The average Bonchev–Trinajstić information content (AvgIpc) is 2.63. The standard InChI is InChI=1S/C18H34N2O6/c1-3-10-24-13-18(2,14-25-11-5-9-21)15-26-12-6-17(23)20-8-4-7-19-16-22/h9,16H,3-8,10-15H2,1-2H3,(H,19,22)(H,20,23). The van der Waals surface area contributed by atoms with E-state index in [9.17, 15) is 14.4 Å². The van der Waals surface area contributed by atoms with Gasteiger partial charge in [0.15, 0.2) is 0 Å². The van der Waals surface area contributed by atoms with E-state index in [1.807, 2.05) is 13.8 Å². The Morgan fingerprint density at radius 3 is 2.27 bits per heavy atom. The highest BCUT2D eigenvalue weighted by atomic mass is 16.5. The quantitative estimate of drug-likeness (QED) is 0.255. The predicted octanol–water partition coefficient (Wildman–Crippen LogP) is 0.684. The summed E-state index contributed by atoms with van der Waals surface area (Å²) < 4.78 is 16.8. The fraction of sp³-hybridized carbons (Fsp3) is 0.833. The van der Waals surface area contributed by atoms with Crippen molar-refractivity contribution in [2.24, 2.45) is 5.41 Å². The van der Waals surface area contributed by atoms with Crippen LogP contribution >= 0.6 is 0 Å². The van der Waals surface area contributed by atoms with Crippen LogP contribution in [0.25, 0.3) is 0 Å². The molecule has 0 radical (unpaired) electrons. The molecule has 0 bridgehead atoms. The van der Waals surface area contributed by atoms with E-state index in [1.165, 1.54) is 0 Å². The summed E-state index contributed by atoms with van der Waals surface area (Å²) in [6, 6.07) is 0. The first-order valence-electron chi connectivity index (χ1n) is 9.18. The van der Waals surface area contributed by atoms with Crippen LogP contribution in [0.5, 0.6) is 0 Å². The maximum absolute atomic E-state index is 11.7. The van der Waals surface area contributed by atoms with Crippen molar-refractivity contribution >= 4 is 18.6 Å². The molecule has 0 saturated heterocycles. The summed E-state index contributed by atoms with van der Waals surface area (Å²) in [7, 11) is 0. The van der Waals surface area contributed by atoms with Crippen LogP contribution in [-0.2, 0) is 28.6 Å². The second-order valence-electron chi connectivity index (χ2n) is 6.45. The van der Waals surface area contributed by atoms with Gasteiger partial charge in [-0.2, -0.15) is 0 Å². The molecule has 8 heteroatoms. The number of nitrogens with one attached hydrogen (secondary N) is 2. The smallest absolute Gasteiger partial charge is 0.222 e. The number of hydrogen-bond acceptors (Lipinski definition) is 6. The van der Waals surface area contributed by atoms with Gasteiger partial charge in [-0.05, 0) is 12.8 Å². The second kappa shape index (κ2) is 16.9. The highest BCUT2D eigenvalue weighted by Gasteiger charge is 2.26. The summed E-state index contributed by atoms with van der Waals surface area (Å²) in [4.78, 5) is 32.1. The lowest BCUT2D eigenvalue weighted by Crippen LogP contribution is -2.35. The minimum atomic E-state index is -0.324. The van der Waals surface area contributed by atoms with Crippen molar-refractivity contribution in [2.45, 2.75) is 39.5 Å². The Kier molecular flexibility index (Phi) is 15.9. The van der Waals surface area contributed by atoms with Gasteiger partial charge in [0.2, 0.25) is 12.3 Å². The van der Waals surface area contributed by atoms with Gasteiger partial charge in [-0.1, -0.05) is 13.8 Å². The highest BCUT2D eigenvalue weighted by molar-refractivity contribution is 5.75. The molecule has 0 aromatic rings. The molecule has 26 heavy (non-hydrogen) atoms. The minimum absolute atomic E-state index is 0.0812. The van der Waals surface area contributed by atoms with E-state index in [4.69, 9.17) is 14.2 Å². The highest BCUT2D eigenvalue weighted by Crippen LogP contribution is 2.18. The van der Waals surface area contributed by atoms with Crippen LogP contribution in [-0.4, -0.2) is 71.3 Å². The van der Waals surface area contributed by atoms with Gasteiger partial charge < -0.3 is 29.6 Å². The third-order valence-corrected chi connectivity index (χ3v) is 3.46. The number of rotatable bonds is 19. The first-order valence-corrected chi connectivity index (χ1v) is 9.18. The van der Waals surface area contributed by atoms with Crippen molar-refractivity contribution in [3.05, 3.63) is 0 Å². The number of aldehydes is 1. The van der Waals surface area contributed by atoms with Crippen molar-refractivity contribution in [2.75, 3.05) is 52.7 Å². The first-order chi connectivity index (χ1) is 12.6. The van der Waals surface area contributed by atoms with E-state index in [-0.39, 0.29) is 17.7 Å². The second-order valence-corrected chi connectivity index (χ2v) is 6.45. The summed E-state index contributed by atoms with van der Waals surface area (Å²) >= 11 is 0. The molecule has 0 aliphatic rings. The maximum atomic E-state index is 11.7. The Morgan fingerprint density at radius 2 is 1.65 bits per heavy atom. The molecule has 0 spiro atoms. The molecule has 0 aliphatic heterocycles. The molecule has 0 saturated carbocycles. The molecule has 1 unspecified atom stereocenters. The Hall–Kier alpha value is -1.51. The van der Waals surface area contributed by atoms with Gasteiger partial charge in [-0.3, -0.25) is 9.59 Å². The summed E-state index contributed by atoms with van der Waals surface area (Å²) in [6.07, 6.45) is 3.74. The van der Waals surface area contributed by atoms with Crippen molar-refractivity contribution in [3.8, 4) is 0 Å². The van der Waals surface area contributed by atoms with Gasteiger partial charge in [0, 0.05) is 38.0 Å². The fourth-order valence-corrected chi connectivity index (χ4v) is 2.09. The Bertz CT molecular complexity index is 381. The summed E-state index contributed by atoms with van der Waals surface area (Å²) in [5.41, 5.74) is -0.324. The molecule has 0 aliphatic carbocycles. The molecule has 0 aromatic carbocycles. The molecule has 0 aromatic heterocycles. The number of carbonyl (C=O) groups excluding carboxylic acids is 3. The van der Waals surface area contributed by atoms with Gasteiger partial charge in [-0.15, -0.1) is 0 Å². The topological polar surface area (TPSA) is 103 Å². The van der Waals surface area contributed by atoms with E-state index in [0.717, 1.165) is 12.7 Å². The van der Waals surface area contributed by atoms with Crippen LogP contribution in [0.15, 0.2) is 0 Å². The van der Waals surface area contributed by atoms with E-state index in [2.05, 4.69) is 10.6 Å². The molecule has 1 atom stereocenters. The van der Waals surface area contributed by atoms with Gasteiger partial charge in [-0.25, -0.2) is 0 Å². The maximum Gasteiger partial charge on any atom is 0.222 e. The molecule has 2 N–H and O–H groups in total. The average molecular weight is 374 g/mol. The van der Waals surface area contributed by atoms with Crippen molar-refractivity contribution < 1.29 is 28.6 Å². The van der Waals surface area contributed by atoms with E-state index < -0.39 is 0 Å². The van der Waals surface area contributed by atoms with Gasteiger partial charge in [0.25, 0.3) is 0 Å². The normalized spacial score (nSPS) is 13.0. The lowest BCUT2D eigenvalue weighted by Gasteiger charge is -2.29. The number of carbonyl (C=O) groups is 3. The van der Waals surface area contributed by atoms with E-state index >= 15 is 0 Å². The monoisotopic (exact) mass is 374 g/mol. The SMILES string of the molecule is CCCOCC(C)(COCCC=O)COCCC(=O)NCCCNC=O. The van der Waals surface area contributed by atoms with Crippen LogP contribution in [0, 0.1) is 5.41 Å². The Labute approximate surface area is 156 Å². The summed E-state index contributed by atoms with van der Waals surface area (Å²) in [5.74, 6) is -0.0812. The van der Waals surface area contributed by atoms with Crippen LogP contribution in [0.3, 0.4) is 0 Å². The molecular weight excluding hydrogens is 340 g/mol. The molecule has 0 rings (SSSR count). The zero-order valence-corrected chi connectivity index (χ0v) is 16.1. The zero-order valence-electron chi connectivity index (χ0n) is 16.1. The van der Waals surface area contributed by atoms with E-state index in [1.54, 1.807) is 0 Å². The van der Waals surface area contributed by atoms with Crippen LogP contribution in [0.1, 0.15) is 39.5 Å². The van der Waals surface area contributed by atoms with Crippen molar-refractivity contribution in [1.82, 2.24) is 10.6 Å². The number of amides is 2. The number of hydrogen-bond donors (Lipinski definition) is 2. The van der Waals surface area contributed by atoms with E-state index in [0.29, 0.717) is 72.0 Å². The summed E-state index contributed by atoms with van der Waals surface area (Å²) in [5, 5.41) is 5.31. The van der Waals surface area contributed by atoms with Crippen LogP contribution < -0.4 is 10.6 Å². The van der Waals surface area contributed by atoms with Crippen LogP contribution in [0.2, 0.25) is 0 Å². The number of ether oxygens (including phenoxy) is 3. The van der Waals surface area contributed by atoms with Crippen molar-refractivity contribution in [3.63, 3.8) is 0 Å². The Morgan fingerprint density at radius 1 is 1.00 bits per heavy atom. The first kappa shape index (κ1) is 24.5. The molecule has 0 heterocycles. The lowest BCUT2D eigenvalue weighted by molar-refractivity contribution is -0.123. The molecule has 8 nitrogen and oxygen atoms in total. The fourth-order valence-electron chi connectivity index (χ4n) is 2.09. The Balaban J connectivity index is 3.99. The third-order valence-electron chi connectivity index (χ3n) is 3.46. The minimum Gasteiger partial charge on any atom is -0.381 e. The third kappa shape index (κ3) is 14.8. The predicted molar refractivity (Wildman–Crippen MR) is 97.8 cm³/mol. The molecule has 0 fully saturated rings. The summed E-state index contributed by atoms with van der Waals surface area (Å²) in [6.45, 7) is 7.82. The van der Waals surface area contributed by atoms with Crippen LogP contribution in [0.4, 0.5) is 0 Å². The zero-order chi connectivity index (χ0) is 19.5. The van der Waals surface area contributed by atoms with Gasteiger partial charge in [0.1, 0.15) is 6.29 Å².